The molecule has 0 saturated carbocycles. The summed E-state index contributed by atoms with van der Waals surface area (Å²) in [4.78, 5) is 33.2. The molecule has 0 aromatic heterocycles. The number of hydrogen-bond acceptors (Lipinski definition) is 3. The van der Waals surface area contributed by atoms with E-state index in [2.05, 4.69) is 0 Å². The molecule has 0 aliphatic rings. The van der Waals surface area contributed by atoms with Gasteiger partial charge in [-0.1, -0.05) is 0 Å². The zero-order valence-electron chi connectivity index (χ0n) is 9.47. The number of nitrogens with zero attached hydrogens (tertiary/aromatic N) is 1. The first kappa shape index (κ1) is 14.6. The van der Waals surface area contributed by atoms with Gasteiger partial charge < -0.3 is 15.1 Å². The van der Waals surface area contributed by atoms with Gasteiger partial charge in [-0.2, -0.15) is 0 Å². The number of carbonyl (C=O) groups excluding carboxylic acids is 1. The predicted molar refractivity (Wildman–Crippen MR) is 57.5 cm³/mol. The molecular formula is C11H9F2NO5. The predicted octanol–water partition coefficient (Wildman–Crippen LogP) is 0.576. The lowest BCUT2D eigenvalue weighted by Gasteiger charge is -2.18. The van der Waals surface area contributed by atoms with Crippen molar-refractivity contribution in [3.63, 3.8) is 0 Å². The van der Waals surface area contributed by atoms with E-state index in [1.807, 2.05) is 0 Å². The van der Waals surface area contributed by atoms with Crippen LogP contribution in [0.25, 0.3) is 0 Å². The van der Waals surface area contributed by atoms with E-state index in [1.54, 1.807) is 0 Å². The van der Waals surface area contributed by atoms with Crippen molar-refractivity contribution in [2.24, 2.45) is 0 Å². The molecule has 0 atom stereocenters. The van der Waals surface area contributed by atoms with Crippen molar-refractivity contribution in [2.75, 3.05) is 13.1 Å². The summed E-state index contributed by atoms with van der Waals surface area (Å²) in [6.45, 7) is -1.86. The van der Waals surface area contributed by atoms with Crippen LogP contribution in [-0.2, 0) is 9.59 Å². The van der Waals surface area contributed by atoms with E-state index in [4.69, 9.17) is 10.2 Å². The Bertz CT molecular complexity index is 516. The smallest absolute Gasteiger partial charge is 0.323 e. The molecule has 1 rings (SSSR count). The minimum atomic E-state index is -1.47. The van der Waals surface area contributed by atoms with Crippen molar-refractivity contribution >= 4 is 17.8 Å². The second-order valence-electron chi connectivity index (χ2n) is 3.57. The van der Waals surface area contributed by atoms with Gasteiger partial charge >= 0.3 is 11.9 Å². The number of hydrogen-bond donors (Lipinski definition) is 2. The largest absolute Gasteiger partial charge is 0.480 e. The van der Waals surface area contributed by atoms with Crippen LogP contribution >= 0.6 is 0 Å². The molecule has 2 N–H and O–H groups in total. The second kappa shape index (κ2) is 5.89. The average molecular weight is 273 g/mol. The molecule has 0 radical (unpaired) electrons. The molecule has 19 heavy (non-hydrogen) atoms. The fraction of sp³-hybridized carbons (Fsp3) is 0.182. The second-order valence-corrected chi connectivity index (χ2v) is 3.57. The van der Waals surface area contributed by atoms with E-state index in [1.165, 1.54) is 0 Å². The van der Waals surface area contributed by atoms with Crippen LogP contribution in [0.15, 0.2) is 18.2 Å². The van der Waals surface area contributed by atoms with Gasteiger partial charge in [0.15, 0.2) is 0 Å². The maximum atomic E-state index is 13.3. The summed E-state index contributed by atoms with van der Waals surface area (Å²) in [6, 6.07) is 2.06. The third-order valence-electron chi connectivity index (χ3n) is 2.10. The molecule has 6 nitrogen and oxygen atoms in total. The first-order valence-electron chi connectivity index (χ1n) is 4.99. The maximum absolute atomic E-state index is 13.3. The molecule has 0 saturated heterocycles. The monoisotopic (exact) mass is 273 g/mol. The molecule has 0 unspecified atom stereocenters. The van der Waals surface area contributed by atoms with E-state index in [0.717, 1.165) is 6.07 Å². The fourth-order valence-corrected chi connectivity index (χ4v) is 1.36. The third-order valence-corrected chi connectivity index (χ3v) is 2.10. The molecule has 0 heterocycles. The molecule has 8 heteroatoms. The summed E-state index contributed by atoms with van der Waals surface area (Å²) in [5.41, 5.74) is -0.720. The minimum Gasteiger partial charge on any atom is -0.480 e. The first-order valence-corrected chi connectivity index (χ1v) is 4.99. The lowest BCUT2D eigenvalue weighted by Crippen LogP contribution is -2.39. The average Bonchev–Trinajstić information content (AvgIpc) is 2.29. The fourth-order valence-electron chi connectivity index (χ4n) is 1.36. The number of amides is 1. The maximum Gasteiger partial charge on any atom is 0.323 e. The van der Waals surface area contributed by atoms with Crippen molar-refractivity contribution in [2.45, 2.75) is 0 Å². The van der Waals surface area contributed by atoms with E-state index < -0.39 is 48.1 Å². The number of aliphatic carboxylic acids is 2. The number of carboxylic acid groups (broad SMARTS) is 2. The van der Waals surface area contributed by atoms with Crippen molar-refractivity contribution in [3.05, 3.63) is 35.4 Å². The van der Waals surface area contributed by atoms with Crippen LogP contribution in [0.5, 0.6) is 0 Å². The Morgan fingerprint density at radius 1 is 1.05 bits per heavy atom. The Hall–Kier alpha value is -2.51. The van der Waals surface area contributed by atoms with Gasteiger partial charge in [0.1, 0.15) is 24.7 Å². The summed E-state index contributed by atoms with van der Waals surface area (Å²) in [5, 5.41) is 17.1. The summed E-state index contributed by atoms with van der Waals surface area (Å²) in [7, 11) is 0. The van der Waals surface area contributed by atoms with Gasteiger partial charge in [-0.05, 0) is 18.2 Å². The topological polar surface area (TPSA) is 94.9 Å². The molecular weight excluding hydrogens is 264 g/mol. The number of carboxylic acids is 2. The highest BCUT2D eigenvalue weighted by atomic mass is 19.1. The van der Waals surface area contributed by atoms with Crippen LogP contribution in [0.3, 0.4) is 0 Å². The Kier molecular flexibility index (Phi) is 4.51. The Balaban J connectivity index is 3.07. The molecule has 0 spiro atoms. The summed E-state index contributed by atoms with van der Waals surface area (Å²) < 4.78 is 26.3. The molecule has 1 aromatic rings. The summed E-state index contributed by atoms with van der Waals surface area (Å²) >= 11 is 0. The van der Waals surface area contributed by atoms with E-state index in [0.29, 0.717) is 17.0 Å². The highest BCUT2D eigenvalue weighted by Crippen LogP contribution is 2.12. The van der Waals surface area contributed by atoms with Crippen molar-refractivity contribution in [1.82, 2.24) is 4.90 Å². The lowest BCUT2D eigenvalue weighted by molar-refractivity contribution is -0.140. The van der Waals surface area contributed by atoms with Gasteiger partial charge in [-0.15, -0.1) is 0 Å². The van der Waals surface area contributed by atoms with E-state index in [9.17, 15) is 23.2 Å². The minimum absolute atomic E-state index is 0.391. The lowest BCUT2D eigenvalue weighted by atomic mass is 10.1. The molecule has 1 aromatic carbocycles. The van der Waals surface area contributed by atoms with Gasteiger partial charge in [0.05, 0.1) is 5.56 Å². The van der Waals surface area contributed by atoms with E-state index >= 15 is 0 Å². The van der Waals surface area contributed by atoms with Gasteiger partial charge in [-0.25, -0.2) is 8.78 Å². The van der Waals surface area contributed by atoms with Crippen LogP contribution in [0.4, 0.5) is 8.78 Å². The van der Waals surface area contributed by atoms with Gasteiger partial charge in [0.25, 0.3) is 5.91 Å². The standard InChI is InChI=1S/C11H9F2NO5/c12-6-1-2-8(13)7(3-6)11(19)14(4-9(15)16)5-10(17)18/h1-3H,4-5H2,(H,15,16)(H,17,18). The Labute approximate surface area is 105 Å². The summed E-state index contributed by atoms with van der Waals surface area (Å²) in [5.74, 6) is -6.10. The van der Waals surface area contributed by atoms with Crippen molar-refractivity contribution in [3.8, 4) is 0 Å². The molecule has 0 aliphatic heterocycles. The van der Waals surface area contributed by atoms with Gasteiger partial charge in [0.2, 0.25) is 0 Å². The first-order chi connectivity index (χ1) is 8.81. The van der Waals surface area contributed by atoms with Crippen molar-refractivity contribution in [1.29, 1.82) is 0 Å². The SMILES string of the molecule is O=C(O)CN(CC(=O)O)C(=O)c1cc(F)ccc1F. The number of carbonyl (C=O) groups is 3. The normalized spacial score (nSPS) is 10.0. The molecule has 0 bridgehead atoms. The highest BCUT2D eigenvalue weighted by Gasteiger charge is 2.23. The zero-order chi connectivity index (χ0) is 14.6. The summed E-state index contributed by atoms with van der Waals surface area (Å²) in [6.07, 6.45) is 0. The van der Waals surface area contributed by atoms with Gasteiger partial charge in [-0.3, -0.25) is 14.4 Å². The number of benzene rings is 1. The quantitative estimate of drug-likeness (QED) is 0.818. The van der Waals surface area contributed by atoms with Crippen LogP contribution in [-0.4, -0.2) is 46.0 Å². The number of halogens is 2. The molecule has 0 fully saturated rings. The molecule has 0 aliphatic carbocycles. The van der Waals surface area contributed by atoms with Crippen LogP contribution in [0.2, 0.25) is 0 Å². The van der Waals surface area contributed by atoms with Crippen LogP contribution in [0.1, 0.15) is 10.4 Å². The van der Waals surface area contributed by atoms with Crippen LogP contribution < -0.4 is 0 Å². The zero-order valence-corrected chi connectivity index (χ0v) is 9.47. The van der Waals surface area contributed by atoms with E-state index in [-0.39, 0.29) is 0 Å². The molecule has 1 amide bonds. The Morgan fingerprint density at radius 3 is 2.05 bits per heavy atom. The highest BCUT2D eigenvalue weighted by molar-refractivity contribution is 5.97. The Morgan fingerprint density at radius 2 is 1.58 bits per heavy atom. The van der Waals surface area contributed by atoms with Crippen molar-refractivity contribution < 1.29 is 33.4 Å². The van der Waals surface area contributed by atoms with Crippen LogP contribution in [0, 0.1) is 11.6 Å². The van der Waals surface area contributed by atoms with Gasteiger partial charge in [0, 0.05) is 0 Å². The third kappa shape index (κ3) is 4.02. The molecule has 102 valence electrons. The number of rotatable bonds is 5.